The van der Waals surface area contributed by atoms with Gasteiger partial charge < -0.3 is 10.6 Å². The molecule has 24 heavy (non-hydrogen) atoms. The van der Waals surface area contributed by atoms with Crippen LogP contribution in [-0.4, -0.2) is 46.0 Å². The highest BCUT2D eigenvalue weighted by Crippen LogP contribution is 2.22. The number of hydrogen-bond donors (Lipinski definition) is 1. The molecule has 0 amide bonds. The van der Waals surface area contributed by atoms with Crippen molar-refractivity contribution in [3.63, 3.8) is 0 Å². The van der Waals surface area contributed by atoms with Gasteiger partial charge in [0.25, 0.3) is 0 Å². The smallest absolute Gasteiger partial charge is 0.185 e. The Bertz CT molecular complexity index is 853. The Morgan fingerprint density at radius 2 is 1.88 bits per heavy atom. The van der Waals surface area contributed by atoms with Gasteiger partial charge in [-0.15, -0.1) is 11.3 Å². The summed E-state index contributed by atoms with van der Waals surface area (Å²) in [7, 11) is 0. The van der Waals surface area contributed by atoms with E-state index in [1.54, 1.807) is 11.3 Å². The molecular weight excluding hydrogens is 320 g/mol. The van der Waals surface area contributed by atoms with E-state index in [1.165, 1.54) is 0 Å². The van der Waals surface area contributed by atoms with E-state index in [0.29, 0.717) is 5.82 Å². The number of aromatic nitrogens is 3. The molecular formula is C17H20N6S. The summed E-state index contributed by atoms with van der Waals surface area (Å²) in [6.07, 6.45) is 0. The minimum absolute atomic E-state index is 0.562. The van der Waals surface area contributed by atoms with Gasteiger partial charge >= 0.3 is 0 Å². The Morgan fingerprint density at radius 1 is 1.08 bits per heavy atom. The number of nitrogens with two attached hydrogens (primary N) is 1. The predicted molar refractivity (Wildman–Crippen MR) is 98.3 cm³/mol. The van der Waals surface area contributed by atoms with Gasteiger partial charge in [-0.05, 0) is 19.1 Å². The third kappa shape index (κ3) is 3.05. The van der Waals surface area contributed by atoms with Crippen molar-refractivity contribution in [1.29, 1.82) is 0 Å². The monoisotopic (exact) mass is 340 g/mol. The fraction of sp³-hybridized carbons (Fsp3) is 0.353. The highest BCUT2D eigenvalue weighted by molar-refractivity contribution is 7.13. The van der Waals surface area contributed by atoms with Crippen molar-refractivity contribution < 1.29 is 0 Å². The molecule has 0 atom stereocenters. The van der Waals surface area contributed by atoms with Gasteiger partial charge in [-0.2, -0.15) is 0 Å². The van der Waals surface area contributed by atoms with Crippen LogP contribution in [0.15, 0.2) is 29.6 Å². The Morgan fingerprint density at radius 3 is 2.62 bits per heavy atom. The van der Waals surface area contributed by atoms with Gasteiger partial charge in [0.1, 0.15) is 11.6 Å². The number of anilines is 2. The largest absolute Gasteiger partial charge is 0.383 e. The van der Waals surface area contributed by atoms with Gasteiger partial charge in [-0.3, -0.25) is 4.90 Å². The average Bonchev–Trinajstić information content (AvgIpc) is 3.02. The number of piperazine rings is 1. The van der Waals surface area contributed by atoms with Crippen LogP contribution < -0.4 is 10.6 Å². The van der Waals surface area contributed by atoms with Crippen molar-refractivity contribution in [1.82, 2.24) is 19.9 Å². The molecule has 0 aliphatic carbocycles. The lowest BCUT2D eigenvalue weighted by Gasteiger charge is -2.34. The van der Waals surface area contributed by atoms with Crippen LogP contribution in [0.1, 0.15) is 11.5 Å². The molecule has 1 saturated heterocycles. The quantitative estimate of drug-likeness (QED) is 0.789. The molecule has 1 aliphatic rings. The van der Waals surface area contributed by atoms with E-state index in [0.717, 1.165) is 60.3 Å². The van der Waals surface area contributed by atoms with E-state index >= 15 is 0 Å². The average molecular weight is 340 g/mol. The van der Waals surface area contributed by atoms with Gasteiger partial charge in [0.05, 0.1) is 17.8 Å². The van der Waals surface area contributed by atoms with E-state index in [2.05, 4.69) is 30.1 Å². The number of aryl methyl sites for hydroxylation is 1. The van der Waals surface area contributed by atoms with E-state index in [-0.39, 0.29) is 0 Å². The summed E-state index contributed by atoms with van der Waals surface area (Å²) in [5.41, 5.74) is 8.09. The van der Waals surface area contributed by atoms with E-state index < -0.39 is 0 Å². The standard InChI is InChI=1S/C17H20N6S/c1-12-11-24-17(19-12)23-8-6-22(7-9-23)10-15-20-14-5-3-2-4-13(14)16(18)21-15/h2-5,11H,6-10H2,1H3,(H2,18,20,21). The van der Waals surface area contributed by atoms with E-state index in [4.69, 9.17) is 5.73 Å². The Labute approximate surface area is 145 Å². The third-order valence-corrected chi connectivity index (χ3v) is 5.31. The number of fused-ring (bicyclic) bond motifs is 1. The second-order valence-electron chi connectivity index (χ2n) is 6.08. The van der Waals surface area contributed by atoms with Gasteiger partial charge in [0, 0.05) is 36.9 Å². The number of nitrogens with zero attached hydrogens (tertiary/aromatic N) is 5. The van der Waals surface area contributed by atoms with Gasteiger partial charge in [-0.25, -0.2) is 15.0 Å². The summed E-state index contributed by atoms with van der Waals surface area (Å²) < 4.78 is 0. The molecule has 6 nitrogen and oxygen atoms in total. The maximum absolute atomic E-state index is 6.08. The van der Waals surface area contributed by atoms with E-state index in [9.17, 15) is 0 Å². The molecule has 0 radical (unpaired) electrons. The first kappa shape index (κ1) is 15.3. The lowest BCUT2D eigenvalue weighted by Crippen LogP contribution is -2.46. The van der Waals surface area contributed by atoms with Crippen LogP contribution in [0.5, 0.6) is 0 Å². The normalized spacial score (nSPS) is 16.0. The first-order valence-electron chi connectivity index (χ1n) is 8.09. The molecule has 1 aliphatic heterocycles. The van der Waals surface area contributed by atoms with Crippen molar-refractivity contribution >= 4 is 33.2 Å². The summed E-state index contributed by atoms with van der Waals surface area (Å²) >= 11 is 1.72. The van der Waals surface area contributed by atoms with Crippen LogP contribution >= 0.6 is 11.3 Å². The van der Waals surface area contributed by atoms with E-state index in [1.807, 2.05) is 31.2 Å². The summed E-state index contributed by atoms with van der Waals surface area (Å²) in [6.45, 7) is 6.70. The molecule has 2 aromatic heterocycles. The molecule has 0 saturated carbocycles. The Hall–Kier alpha value is -2.25. The maximum atomic E-state index is 6.08. The maximum Gasteiger partial charge on any atom is 0.185 e. The SMILES string of the molecule is Cc1csc(N2CCN(Cc3nc(N)c4ccccc4n3)CC2)n1. The van der Waals surface area contributed by atoms with Crippen LogP contribution in [0.4, 0.5) is 10.9 Å². The zero-order valence-corrected chi connectivity index (χ0v) is 14.5. The number of benzene rings is 1. The first-order valence-corrected chi connectivity index (χ1v) is 8.97. The topological polar surface area (TPSA) is 71.2 Å². The number of hydrogen-bond acceptors (Lipinski definition) is 7. The number of para-hydroxylation sites is 1. The number of thiazole rings is 1. The fourth-order valence-electron chi connectivity index (χ4n) is 3.01. The zero-order chi connectivity index (χ0) is 16.5. The first-order chi connectivity index (χ1) is 11.7. The summed E-state index contributed by atoms with van der Waals surface area (Å²) in [6, 6.07) is 7.89. The van der Waals surface area contributed by atoms with Gasteiger partial charge in [-0.1, -0.05) is 12.1 Å². The molecule has 4 rings (SSSR count). The minimum atomic E-state index is 0.562. The molecule has 3 heterocycles. The highest BCUT2D eigenvalue weighted by Gasteiger charge is 2.20. The fourth-order valence-corrected chi connectivity index (χ4v) is 3.86. The lowest BCUT2D eigenvalue weighted by molar-refractivity contribution is 0.244. The Kier molecular flexibility index (Phi) is 4.03. The van der Waals surface area contributed by atoms with Crippen LogP contribution in [0, 0.1) is 6.92 Å². The van der Waals surface area contributed by atoms with Crippen LogP contribution in [-0.2, 0) is 6.54 Å². The highest BCUT2D eigenvalue weighted by atomic mass is 32.1. The number of rotatable bonds is 3. The van der Waals surface area contributed by atoms with Crippen LogP contribution in [0.3, 0.4) is 0 Å². The molecule has 0 unspecified atom stereocenters. The van der Waals surface area contributed by atoms with Crippen molar-refractivity contribution in [2.75, 3.05) is 36.8 Å². The second kappa shape index (κ2) is 6.33. The predicted octanol–water partition coefficient (Wildman–Crippen LogP) is 2.30. The third-order valence-electron chi connectivity index (χ3n) is 4.29. The molecule has 1 aromatic carbocycles. The minimum Gasteiger partial charge on any atom is -0.383 e. The van der Waals surface area contributed by atoms with Crippen molar-refractivity contribution in [2.45, 2.75) is 13.5 Å². The van der Waals surface area contributed by atoms with Crippen molar-refractivity contribution in [3.05, 3.63) is 41.2 Å². The number of nitrogen functional groups attached to an aromatic ring is 1. The van der Waals surface area contributed by atoms with Crippen molar-refractivity contribution in [3.8, 4) is 0 Å². The van der Waals surface area contributed by atoms with Crippen LogP contribution in [0.2, 0.25) is 0 Å². The summed E-state index contributed by atoms with van der Waals surface area (Å²) in [4.78, 5) is 18.4. The summed E-state index contributed by atoms with van der Waals surface area (Å²) in [5.74, 6) is 1.36. The molecule has 7 heteroatoms. The molecule has 2 N–H and O–H groups in total. The van der Waals surface area contributed by atoms with Crippen molar-refractivity contribution in [2.24, 2.45) is 0 Å². The van der Waals surface area contributed by atoms with Gasteiger partial charge in [0.15, 0.2) is 5.13 Å². The molecule has 0 bridgehead atoms. The van der Waals surface area contributed by atoms with Gasteiger partial charge in [0.2, 0.25) is 0 Å². The zero-order valence-electron chi connectivity index (χ0n) is 13.6. The second-order valence-corrected chi connectivity index (χ2v) is 6.91. The molecule has 124 valence electrons. The Balaban J connectivity index is 1.43. The molecule has 1 fully saturated rings. The molecule has 3 aromatic rings. The lowest BCUT2D eigenvalue weighted by atomic mass is 10.2. The van der Waals surface area contributed by atoms with Crippen LogP contribution in [0.25, 0.3) is 10.9 Å². The molecule has 0 spiro atoms. The summed E-state index contributed by atoms with van der Waals surface area (Å²) in [5, 5.41) is 4.15.